The topological polar surface area (TPSA) is 122 Å². The standard InChI is InChI=1S/C29H29N5O4S/c1-33(2)13-14-34(39(3,36)37)23-9-7-22(8-10-23)31-28(21-6-5-20-12-15-38-26(20)17-21)27-24-11-4-19(18-30)16-25(24)32-29(27)35/h4-11,16-17,32,35H,12-15H2,1-3H3. The Morgan fingerprint density at radius 1 is 1.10 bits per heavy atom. The molecule has 2 heterocycles. The summed E-state index contributed by atoms with van der Waals surface area (Å²) in [6.07, 6.45) is 2.03. The van der Waals surface area contributed by atoms with Gasteiger partial charge in [0.15, 0.2) is 5.88 Å². The molecule has 0 saturated carbocycles. The number of aromatic amines is 1. The van der Waals surface area contributed by atoms with Crippen molar-refractivity contribution in [2.75, 3.05) is 44.4 Å². The number of hydrogen-bond donors (Lipinski definition) is 2. The van der Waals surface area contributed by atoms with E-state index in [1.807, 2.05) is 37.2 Å². The number of nitriles is 1. The molecule has 0 radical (unpaired) electrons. The summed E-state index contributed by atoms with van der Waals surface area (Å²) in [6, 6.07) is 20.1. The highest BCUT2D eigenvalue weighted by Gasteiger charge is 2.22. The lowest BCUT2D eigenvalue weighted by Crippen LogP contribution is -2.35. The molecule has 5 rings (SSSR count). The number of H-pyrrole nitrogens is 1. The van der Waals surface area contributed by atoms with Crippen LogP contribution < -0.4 is 9.04 Å². The van der Waals surface area contributed by atoms with E-state index in [0.29, 0.717) is 53.4 Å². The van der Waals surface area contributed by atoms with Crippen LogP contribution in [0, 0.1) is 11.3 Å². The van der Waals surface area contributed by atoms with Crippen LogP contribution in [0.5, 0.6) is 11.6 Å². The number of aromatic hydroxyl groups is 1. The number of rotatable bonds is 8. The molecule has 0 bridgehead atoms. The van der Waals surface area contributed by atoms with Crippen LogP contribution in [0.25, 0.3) is 10.9 Å². The molecule has 0 fully saturated rings. The first-order valence-electron chi connectivity index (χ1n) is 12.5. The minimum atomic E-state index is -3.47. The summed E-state index contributed by atoms with van der Waals surface area (Å²) in [5.41, 5.74) is 5.10. The van der Waals surface area contributed by atoms with Crippen molar-refractivity contribution < 1.29 is 18.3 Å². The maximum atomic E-state index is 12.5. The number of sulfonamides is 1. The minimum Gasteiger partial charge on any atom is -0.494 e. The molecule has 1 aliphatic rings. The first-order chi connectivity index (χ1) is 18.6. The second-order valence-electron chi connectivity index (χ2n) is 9.76. The molecule has 0 atom stereocenters. The summed E-state index contributed by atoms with van der Waals surface area (Å²) in [7, 11) is 0.315. The Balaban J connectivity index is 1.61. The van der Waals surface area contributed by atoms with Crippen LogP contribution in [0.1, 0.15) is 22.3 Å². The smallest absolute Gasteiger partial charge is 0.232 e. The predicted molar refractivity (Wildman–Crippen MR) is 153 cm³/mol. The Labute approximate surface area is 227 Å². The van der Waals surface area contributed by atoms with Gasteiger partial charge in [0, 0.05) is 30.5 Å². The van der Waals surface area contributed by atoms with Crippen molar-refractivity contribution in [2.45, 2.75) is 6.42 Å². The maximum Gasteiger partial charge on any atom is 0.232 e. The average molecular weight is 544 g/mol. The monoisotopic (exact) mass is 543 g/mol. The Hall–Kier alpha value is -4.33. The highest BCUT2D eigenvalue weighted by molar-refractivity contribution is 7.92. The number of nitrogens with one attached hydrogen (secondary N) is 1. The molecule has 10 heteroatoms. The van der Waals surface area contributed by atoms with Gasteiger partial charge in [0.05, 0.1) is 52.7 Å². The van der Waals surface area contributed by atoms with Crippen LogP contribution in [0.3, 0.4) is 0 Å². The molecule has 0 spiro atoms. The molecule has 1 aliphatic heterocycles. The van der Waals surface area contributed by atoms with Crippen molar-refractivity contribution in [2.24, 2.45) is 4.99 Å². The fourth-order valence-electron chi connectivity index (χ4n) is 4.67. The summed E-state index contributed by atoms with van der Waals surface area (Å²) in [5, 5.41) is 21.0. The van der Waals surface area contributed by atoms with Crippen LogP contribution in [-0.4, -0.2) is 69.2 Å². The van der Waals surface area contributed by atoms with E-state index in [4.69, 9.17) is 9.73 Å². The zero-order chi connectivity index (χ0) is 27.7. The summed E-state index contributed by atoms with van der Waals surface area (Å²) >= 11 is 0. The molecule has 2 N–H and O–H groups in total. The molecule has 0 unspecified atom stereocenters. The van der Waals surface area contributed by atoms with E-state index in [9.17, 15) is 18.8 Å². The van der Waals surface area contributed by atoms with E-state index in [-0.39, 0.29) is 5.88 Å². The van der Waals surface area contributed by atoms with Crippen molar-refractivity contribution in [1.82, 2.24) is 9.88 Å². The second-order valence-corrected chi connectivity index (χ2v) is 11.7. The Morgan fingerprint density at radius 2 is 1.87 bits per heavy atom. The largest absolute Gasteiger partial charge is 0.494 e. The molecular weight excluding hydrogens is 514 g/mol. The van der Waals surface area contributed by atoms with Gasteiger partial charge in [-0.2, -0.15) is 5.26 Å². The first-order valence-corrected chi connectivity index (χ1v) is 14.3. The number of anilines is 1. The Kier molecular flexibility index (Phi) is 7.04. The van der Waals surface area contributed by atoms with Crippen molar-refractivity contribution >= 4 is 38.0 Å². The van der Waals surface area contributed by atoms with E-state index in [2.05, 4.69) is 11.1 Å². The number of benzene rings is 3. The third-order valence-corrected chi connectivity index (χ3v) is 7.84. The molecule has 0 saturated heterocycles. The van der Waals surface area contributed by atoms with Gasteiger partial charge in [0.1, 0.15) is 5.75 Å². The number of aromatic nitrogens is 1. The molecule has 39 heavy (non-hydrogen) atoms. The van der Waals surface area contributed by atoms with Gasteiger partial charge in [0.25, 0.3) is 0 Å². The minimum absolute atomic E-state index is 0.0659. The fourth-order valence-corrected chi connectivity index (χ4v) is 5.59. The fraction of sp³-hybridized carbons (Fsp3) is 0.241. The van der Waals surface area contributed by atoms with Gasteiger partial charge in [0.2, 0.25) is 10.0 Å². The highest BCUT2D eigenvalue weighted by atomic mass is 32.2. The van der Waals surface area contributed by atoms with Crippen LogP contribution >= 0.6 is 0 Å². The van der Waals surface area contributed by atoms with Crippen LogP contribution in [-0.2, 0) is 16.4 Å². The van der Waals surface area contributed by atoms with E-state index in [0.717, 1.165) is 28.7 Å². The third-order valence-electron chi connectivity index (χ3n) is 6.64. The van der Waals surface area contributed by atoms with Gasteiger partial charge in [-0.1, -0.05) is 18.2 Å². The van der Waals surface area contributed by atoms with Gasteiger partial charge in [-0.15, -0.1) is 0 Å². The molecule has 0 aliphatic carbocycles. The molecule has 200 valence electrons. The first kappa shape index (κ1) is 26.3. The van der Waals surface area contributed by atoms with Crippen LogP contribution in [0.4, 0.5) is 11.4 Å². The number of ether oxygens (including phenoxy) is 1. The van der Waals surface area contributed by atoms with Gasteiger partial charge in [-0.25, -0.2) is 13.4 Å². The van der Waals surface area contributed by atoms with Gasteiger partial charge in [-0.05, 0) is 62.1 Å². The SMILES string of the molecule is CN(C)CCN(c1ccc(N=C(c2ccc3c(c2)OCC3)c2c(O)[nH]c3cc(C#N)ccc23)cc1)S(C)(=O)=O. The lowest BCUT2D eigenvalue weighted by molar-refractivity contribution is 0.357. The number of likely N-dealkylation sites (N-methyl/N-ethyl adjacent to an activating group) is 1. The zero-order valence-electron chi connectivity index (χ0n) is 22.0. The van der Waals surface area contributed by atoms with Gasteiger partial charge < -0.3 is 19.7 Å². The summed E-state index contributed by atoms with van der Waals surface area (Å²) in [6.45, 7) is 1.51. The average Bonchev–Trinajstić information content (AvgIpc) is 3.49. The Bertz CT molecular complexity index is 1720. The van der Waals surface area contributed by atoms with Crippen molar-refractivity contribution in [3.8, 4) is 17.7 Å². The number of hydrogen-bond acceptors (Lipinski definition) is 7. The van der Waals surface area contributed by atoms with Gasteiger partial charge >= 0.3 is 0 Å². The molecule has 1 aromatic heterocycles. The van der Waals surface area contributed by atoms with Crippen molar-refractivity contribution in [1.29, 1.82) is 5.26 Å². The van der Waals surface area contributed by atoms with E-state index in [1.165, 1.54) is 10.6 Å². The van der Waals surface area contributed by atoms with Crippen molar-refractivity contribution in [3.05, 3.63) is 82.9 Å². The molecular formula is C29H29N5O4S. The lowest BCUT2D eigenvalue weighted by Gasteiger charge is -2.24. The van der Waals surface area contributed by atoms with E-state index in [1.54, 1.807) is 42.5 Å². The number of aliphatic imine (C=N–C) groups is 1. The summed E-state index contributed by atoms with van der Waals surface area (Å²) in [5.74, 6) is 0.718. The van der Waals surface area contributed by atoms with Crippen molar-refractivity contribution in [3.63, 3.8) is 0 Å². The third kappa shape index (κ3) is 5.46. The number of fused-ring (bicyclic) bond motifs is 2. The lowest BCUT2D eigenvalue weighted by atomic mass is 9.98. The second kappa shape index (κ2) is 10.4. The van der Waals surface area contributed by atoms with Gasteiger partial charge in [-0.3, -0.25) is 4.31 Å². The van der Waals surface area contributed by atoms with Crippen LogP contribution in [0.15, 0.2) is 65.7 Å². The molecule has 4 aromatic rings. The predicted octanol–water partition coefficient (Wildman–Crippen LogP) is 4.18. The molecule has 3 aromatic carbocycles. The summed E-state index contributed by atoms with van der Waals surface area (Å²) in [4.78, 5) is 9.82. The maximum absolute atomic E-state index is 12.5. The summed E-state index contributed by atoms with van der Waals surface area (Å²) < 4.78 is 32.1. The normalized spacial score (nSPS) is 13.4. The number of nitrogens with zero attached hydrogens (tertiary/aromatic N) is 4. The highest BCUT2D eigenvalue weighted by Crippen LogP contribution is 2.35. The Morgan fingerprint density at radius 3 is 2.56 bits per heavy atom. The van der Waals surface area contributed by atoms with E-state index >= 15 is 0 Å². The quantitative estimate of drug-likeness (QED) is 0.322. The zero-order valence-corrected chi connectivity index (χ0v) is 22.8. The van der Waals surface area contributed by atoms with Crippen LogP contribution in [0.2, 0.25) is 0 Å². The molecule has 9 nitrogen and oxygen atoms in total. The molecule has 0 amide bonds. The van der Waals surface area contributed by atoms with E-state index < -0.39 is 10.0 Å².